The van der Waals surface area contributed by atoms with Crippen LogP contribution >= 0.6 is 11.6 Å². The molecule has 0 bridgehead atoms. The Morgan fingerprint density at radius 2 is 1.76 bits per heavy atom. The molecule has 33 heavy (non-hydrogen) atoms. The van der Waals surface area contributed by atoms with Gasteiger partial charge in [0, 0.05) is 24.7 Å². The Morgan fingerprint density at radius 3 is 2.27 bits per heavy atom. The summed E-state index contributed by atoms with van der Waals surface area (Å²) < 4.78 is 0. The Bertz CT molecular complexity index is 1190. The van der Waals surface area contributed by atoms with E-state index in [1.807, 2.05) is 19.1 Å². The van der Waals surface area contributed by atoms with Crippen molar-refractivity contribution in [2.24, 2.45) is 4.99 Å². The van der Waals surface area contributed by atoms with E-state index in [0.717, 1.165) is 17.1 Å². The van der Waals surface area contributed by atoms with Gasteiger partial charge in [0.25, 0.3) is 17.5 Å². The summed E-state index contributed by atoms with van der Waals surface area (Å²) in [5.41, 5.74) is 1.57. The number of carboxylic acid groups (broad SMARTS) is 1. The predicted octanol–water partition coefficient (Wildman–Crippen LogP) is 4.29. The number of anilines is 2. The van der Waals surface area contributed by atoms with Crippen LogP contribution in [0.25, 0.3) is 4.85 Å². The number of hydrogen-bond donors (Lipinski definition) is 1. The monoisotopic (exact) mass is 464 g/mol. The fraction of sp³-hybridized carbons (Fsp3) is 0.208. The van der Waals surface area contributed by atoms with Crippen LogP contribution in [0, 0.1) is 6.57 Å². The number of rotatable bonds is 7. The SMILES string of the molecule is [C-]#[N+]C1=C(C)C(=Nc2ccc(N(CC)CCCl)cc2)C(=O)N(c2ccc(C(=O)O)cc2)C1=O. The molecule has 1 aliphatic heterocycles. The number of imide groups is 1. The molecule has 2 aromatic rings. The van der Waals surface area contributed by atoms with E-state index in [0.29, 0.717) is 18.1 Å². The molecule has 168 valence electrons. The fourth-order valence-electron chi connectivity index (χ4n) is 3.43. The summed E-state index contributed by atoms with van der Waals surface area (Å²) in [6.45, 7) is 12.4. The molecule has 0 saturated heterocycles. The molecule has 2 aromatic carbocycles. The standard InChI is InChI=1S/C24H21ClN4O4/c1-4-28(14-13-25)18-11-7-17(8-12-18)27-21-15(2)20(26-3)22(30)29(23(21)31)19-9-5-16(6-10-19)24(32)33/h5-12H,4,13-14H2,1-2H3,(H,32,33). The fourth-order valence-corrected chi connectivity index (χ4v) is 3.63. The minimum atomic E-state index is -1.13. The van der Waals surface area contributed by atoms with Gasteiger partial charge < -0.3 is 10.0 Å². The summed E-state index contributed by atoms with van der Waals surface area (Å²) in [7, 11) is 0. The Kier molecular flexibility index (Phi) is 7.26. The molecule has 1 aliphatic rings. The summed E-state index contributed by atoms with van der Waals surface area (Å²) in [5.74, 6) is -2.10. The number of alkyl halides is 1. The molecule has 8 nitrogen and oxygen atoms in total. The van der Waals surface area contributed by atoms with E-state index < -0.39 is 17.8 Å². The lowest BCUT2D eigenvalue weighted by molar-refractivity contribution is -0.121. The molecule has 1 heterocycles. The van der Waals surface area contributed by atoms with Crippen molar-refractivity contribution in [2.45, 2.75) is 13.8 Å². The van der Waals surface area contributed by atoms with E-state index in [-0.39, 0.29) is 28.2 Å². The summed E-state index contributed by atoms with van der Waals surface area (Å²) in [5, 5.41) is 9.09. The number of aliphatic imine (C=N–C) groups is 1. The summed E-state index contributed by atoms with van der Waals surface area (Å²) in [6, 6.07) is 12.5. The van der Waals surface area contributed by atoms with E-state index in [1.54, 1.807) is 12.1 Å². The third kappa shape index (κ3) is 4.78. The topological polar surface area (TPSA) is 94.6 Å². The summed E-state index contributed by atoms with van der Waals surface area (Å²) in [4.78, 5) is 47.9. The van der Waals surface area contributed by atoms with Gasteiger partial charge in [-0.1, -0.05) is 0 Å². The predicted molar refractivity (Wildman–Crippen MR) is 127 cm³/mol. The Hall–Kier alpha value is -3.96. The zero-order valence-electron chi connectivity index (χ0n) is 18.1. The summed E-state index contributed by atoms with van der Waals surface area (Å²) in [6.07, 6.45) is 0. The minimum absolute atomic E-state index is 0.0112. The molecule has 3 rings (SSSR count). The number of hydrogen-bond acceptors (Lipinski definition) is 5. The first-order valence-corrected chi connectivity index (χ1v) is 10.7. The molecule has 0 spiro atoms. The number of carboxylic acids is 1. The highest BCUT2D eigenvalue weighted by Gasteiger charge is 2.38. The van der Waals surface area contributed by atoms with Crippen molar-refractivity contribution in [3.63, 3.8) is 0 Å². The number of aromatic carboxylic acids is 1. The van der Waals surface area contributed by atoms with Crippen LogP contribution in [0.5, 0.6) is 0 Å². The molecule has 0 atom stereocenters. The van der Waals surface area contributed by atoms with Gasteiger partial charge in [-0.05, 0) is 68.0 Å². The van der Waals surface area contributed by atoms with Gasteiger partial charge in [-0.2, -0.15) is 0 Å². The molecule has 9 heteroatoms. The minimum Gasteiger partial charge on any atom is -0.478 e. The van der Waals surface area contributed by atoms with E-state index in [1.165, 1.54) is 31.2 Å². The second kappa shape index (κ2) is 10.1. The van der Waals surface area contributed by atoms with Crippen LogP contribution in [0.15, 0.2) is 64.8 Å². The smallest absolute Gasteiger partial charge is 0.335 e. The molecule has 0 aromatic heterocycles. The zero-order valence-corrected chi connectivity index (χ0v) is 18.8. The van der Waals surface area contributed by atoms with Crippen molar-refractivity contribution >= 4 is 52.2 Å². The van der Waals surface area contributed by atoms with Gasteiger partial charge in [-0.25, -0.2) is 14.6 Å². The Labute approximate surface area is 196 Å². The lowest BCUT2D eigenvalue weighted by atomic mass is 10.0. The lowest BCUT2D eigenvalue weighted by Crippen LogP contribution is -2.46. The number of carbonyl (C=O) groups is 3. The third-order valence-electron chi connectivity index (χ3n) is 5.20. The van der Waals surface area contributed by atoms with Crippen LogP contribution in [0.4, 0.5) is 17.1 Å². The molecule has 0 fully saturated rings. The Morgan fingerprint density at radius 1 is 1.12 bits per heavy atom. The first-order valence-electron chi connectivity index (χ1n) is 10.1. The summed E-state index contributed by atoms with van der Waals surface area (Å²) >= 11 is 5.85. The van der Waals surface area contributed by atoms with Crippen molar-refractivity contribution in [2.75, 3.05) is 28.8 Å². The maximum absolute atomic E-state index is 13.2. The van der Waals surface area contributed by atoms with Crippen molar-refractivity contribution in [1.82, 2.24) is 0 Å². The van der Waals surface area contributed by atoms with Crippen molar-refractivity contribution in [3.05, 3.63) is 76.8 Å². The van der Waals surface area contributed by atoms with E-state index in [9.17, 15) is 14.4 Å². The van der Waals surface area contributed by atoms with Gasteiger partial charge in [0.1, 0.15) is 5.71 Å². The highest BCUT2D eigenvalue weighted by atomic mass is 35.5. The number of carbonyl (C=O) groups excluding carboxylic acids is 2. The van der Waals surface area contributed by atoms with Crippen LogP contribution in [0.1, 0.15) is 24.2 Å². The average molecular weight is 465 g/mol. The van der Waals surface area contributed by atoms with E-state index in [4.69, 9.17) is 23.3 Å². The highest BCUT2D eigenvalue weighted by Crippen LogP contribution is 2.28. The van der Waals surface area contributed by atoms with Crippen LogP contribution in [0.3, 0.4) is 0 Å². The van der Waals surface area contributed by atoms with Gasteiger partial charge in [-0.3, -0.25) is 14.5 Å². The quantitative estimate of drug-likeness (QED) is 0.374. The second-order valence-electron chi connectivity index (χ2n) is 7.13. The highest BCUT2D eigenvalue weighted by molar-refractivity contribution is 6.57. The lowest BCUT2D eigenvalue weighted by Gasteiger charge is -2.27. The molecule has 0 aliphatic carbocycles. The number of amides is 2. The van der Waals surface area contributed by atoms with Gasteiger partial charge in [0.15, 0.2) is 0 Å². The second-order valence-corrected chi connectivity index (χ2v) is 7.51. The molecule has 0 radical (unpaired) electrons. The normalized spacial score (nSPS) is 15.1. The number of halogens is 1. The van der Waals surface area contributed by atoms with Crippen LogP contribution < -0.4 is 9.80 Å². The molecular weight excluding hydrogens is 444 g/mol. The molecule has 0 unspecified atom stereocenters. The van der Waals surface area contributed by atoms with Crippen molar-refractivity contribution in [1.29, 1.82) is 0 Å². The molecule has 2 amide bonds. The first-order chi connectivity index (χ1) is 15.8. The largest absolute Gasteiger partial charge is 0.478 e. The van der Waals surface area contributed by atoms with Gasteiger partial charge in [0.05, 0.1) is 23.5 Å². The number of benzene rings is 2. The van der Waals surface area contributed by atoms with Crippen LogP contribution in [0.2, 0.25) is 0 Å². The molecule has 0 saturated carbocycles. The average Bonchev–Trinajstić information content (AvgIpc) is 2.81. The first kappa shape index (κ1) is 23.7. The molecular formula is C24H21ClN4O4. The van der Waals surface area contributed by atoms with Gasteiger partial charge in [0.2, 0.25) is 0 Å². The van der Waals surface area contributed by atoms with E-state index >= 15 is 0 Å². The number of nitrogens with zero attached hydrogens (tertiary/aromatic N) is 4. The van der Waals surface area contributed by atoms with Crippen LogP contribution in [-0.4, -0.2) is 47.6 Å². The maximum Gasteiger partial charge on any atom is 0.335 e. The van der Waals surface area contributed by atoms with Crippen molar-refractivity contribution < 1.29 is 19.5 Å². The van der Waals surface area contributed by atoms with Crippen LogP contribution in [-0.2, 0) is 9.59 Å². The third-order valence-corrected chi connectivity index (χ3v) is 5.37. The maximum atomic E-state index is 13.2. The zero-order chi connectivity index (χ0) is 24.1. The Balaban J connectivity index is 2.02. The van der Waals surface area contributed by atoms with E-state index in [2.05, 4.69) is 14.7 Å². The van der Waals surface area contributed by atoms with Gasteiger partial charge in [-0.15, -0.1) is 11.6 Å². The van der Waals surface area contributed by atoms with Gasteiger partial charge >= 0.3 is 5.97 Å². The molecule has 1 N–H and O–H groups in total. The van der Waals surface area contributed by atoms with Crippen molar-refractivity contribution in [3.8, 4) is 0 Å².